The maximum absolute atomic E-state index is 9.10. The first-order chi connectivity index (χ1) is 8.85. The second-order valence-corrected chi connectivity index (χ2v) is 4.70. The summed E-state index contributed by atoms with van der Waals surface area (Å²) in [6.07, 6.45) is 6.43. The van der Waals surface area contributed by atoms with Crippen LogP contribution in [0.4, 0.5) is 0 Å². The fraction of sp³-hybridized carbons (Fsp3) is 0.467. The molecule has 2 N–H and O–H groups in total. The number of hydrogen-bond acceptors (Lipinski definition) is 2. The lowest BCUT2D eigenvalue weighted by atomic mass is 10.1. The van der Waals surface area contributed by atoms with Gasteiger partial charge in [-0.15, -0.1) is 0 Å². The van der Waals surface area contributed by atoms with Gasteiger partial charge in [-0.3, -0.25) is 0 Å². The summed E-state index contributed by atoms with van der Waals surface area (Å²) in [5.74, 6) is 0. The van der Waals surface area contributed by atoms with E-state index in [2.05, 4.69) is 22.9 Å². The molecule has 98 valence electrons. The van der Waals surface area contributed by atoms with E-state index in [1.165, 1.54) is 10.9 Å². The van der Waals surface area contributed by atoms with E-state index in [0.29, 0.717) is 6.61 Å². The van der Waals surface area contributed by atoms with E-state index in [9.17, 15) is 0 Å². The van der Waals surface area contributed by atoms with Crippen LogP contribution >= 0.6 is 0 Å². The summed E-state index contributed by atoms with van der Waals surface area (Å²) < 4.78 is 2.26. The molecule has 3 nitrogen and oxygen atoms in total. The average Bonchev–Trinajstić information content (AvgIpc) is 2.81. The number of aryl methyl sites for hydroxylation is 1. The molecule has 18 heavy (non-hydrogen) atoms. The molecule has 0 atom stereocenters. The Kier molecular flexibility index (Phi) is 4.79. The zero-order chi connectivity index (χ0) is 12.8. The summed E-state index contributed by atoms with van der Waals surface area (Å²) >= 11 is 0. The zero-order valence-electron chi connectivity index (χ0n) is 10.7. The van der Waals surface area contributed by atoms with Crippen LogP contribution in [0.15, 0.2) is 30.5 Å². The van der Waals surface area contributed by atoms with Crippen molar-refractivity contribution in [2.45, 2.75) is 38.8 Å². The highest BCUT2D eigenvalue weighted by molar-refractivity contribution is 5.80. The summed E-state index contributed by atoms with van der Waals surface area (Å²) in [6, 6.07) is 8.19. The molecule has 0 saturated heterocycles. The molecule has 0 fully saturated rings. The maximum Gasteiger partial charge on any atom is 0.0682 e. The number of aromatic nitrogens is 1. The van der Waals surface area contributed by atoms with Gasteiger partial charge in [-0.1, -0.05) is 18.9 Å². The highest BCUT2D eigenvalue weighted by Gasteiger charge is 2.01. The van der Waals surface area contributed by atoms with Crippen LogP contribution in [-0.4, -0.2) is 21.4 Å². The molecule has 2 aromatic rings. The monoisotopic (exact) mass is 247 g/mol. The molecule has 0 aliphatic heterocycles. The standard InChI is InChI=1S/C15H21NO2/c17-10-4-2-1-3-8-16-9-7-14-11-13(12-18)5-6-15(14)16/h5-7,9,11,17-18H,1-4,8,10,12H2. The van der Waals surface area contributed by atoms with E-state index in [-0.39, 0.29) is 6.61 Å². The number of benzene rings is 1. The SMILES string of the molecule is OCCCCCCn1ccc2cc(CO)ccc21. The third kappa shape index (κ3) is 3.12. The minimum absolute atomic E-state index is 0.0995. The maximum atomic E-state index is 9.10. The van der Waals surface area contributed by atoms with Crippen LogP contribution in [0.5, 0.6) is 0 Å². The number of unbranched alkanes of at least 4 members (excludes halogenated alkanes) is 3. The minimum atomic E-state index is 0.0995. The summed E-state index contributed by atoms with van der Waals surface area (Å²) in [6.45, 7) is 1.42. The first-order valence-corrected chi connectivity index (χ1v) is 6.64. The lowest BCUT2D eigenvalue weighted by Crippen LogP contribution is -1.96. The molecule has 1 aromatic heterocycles. The van der Waals surface area contributed by atoms with Gasteiger partial charge in [0, 0.05) is 24.9 Å². The van der Waals surface area contributed by atoms with Crippen molar-refractivity contribution in [1.29, 1.82) is 0 Å². The Morgan fingerprint density at radius 2 is 1.78 bits per heavy atom. The largest absolute Gasteiger partial charge is 0.396 e. The summed E-state index contributed by atoms with van der Waals surface area (Å²) in [7, 11) is 0. The molecule has 0 unspecified atom stereocenters. The second kappa shape index (κ2) is 6.57. The number of aliphatic hydroxyl groups is 2. The van der Waals surface area contributed by atoms with E-state index in [0.717, 1.165) is 37.8 Å². The Morgan fingerprint density at radius 1 is 0.944 bits per heavy atom. The molecule has 1 heterocycles. The topological polar surface area (TPSA) is 45.4 Å². The third-order valence-electron chi connectivity index (χ3n) is 3.33. The van der Waals surface area contributed by atoms with Crippen molar-refractivity contribution in [1.82, 2.24) is 4.57 Å². The predicted octanol–water partition coefficient (Wildman–Crippen LogP) is 2.69. The van der Waals surface area contributed by atoms with Gasteiger partial charge in [-0.05, 0) is 42.0 Å². The molecule has 0 spiro atoms. The Balaban J connectivity index is 1.97. The van der Waals surface area contributed by atoms with Crippen molar-refractivity contribution in [2.75, 3.05) is 6.61 Å². The van der Waals surface area contributed by atoms with Gasteiger partial charge in [-0.2, -0.15) is 0 Å². The van der Waals surface area contributed by atoms with Crippen LogP contribution in [0.25, 0.3) is 10.9 Å². The van der Waals surface area contributed by atoms with Crippen molar-refractivity contribution in [3.05, 3.63) is 36.0 Å². The van der Waals surface area contributed by atoms with Crippen LogP contribution in [0.2, 0.25) is 0 Å². The molecular weight excluding hydrogens is 226 g/mol. The number of aliphatic hydroxyl groups excluding tert-OH is 2. The minimum Gasteiger partial charge on any atom is -0.396 e. The highest BCUT2D eigenvalue weighted by Crippen LogP contribution is 2.18. The molecule has 2 rings (SSSR count). The van der Waals surface area contributed by atoms with Gasteiger partial charge in [0.15, 0.2) is 0 Å². The van der Waals surface area contributed by atoms with Crippen LogP contribution < -0.4 is 0 Å². The molecule has 0 amide bonds. The molecule has 3 heteroatoms. The Morgan fingerprint density at radius 3 is 2.56 bits per heavy atom. The van der Waals surface area contributed by atoms with E-state index < -0.39 is 0 Å². The summed E-state index contributed by atoms with van der Waals surface area (Å²) in [4.78, 5) is 0. The molecular formula is C15H21NO2. The zero-order valence-corrected chi connectivity index (χ0v) is 10.7. The fourth-order valence-corrected chi connectivity index (χ4v) is 2.29. The van der Waals surface area contributed by atoms with E-state index >= 15 is 0 Å². The molecule has 0 aliphatic carbocycles. The molecule has 0 bridgehead atoms. The second-order valence-electron chi connectivity index (χ2n) is 4.70. The molecule has 0 aliphatic rings. The van der Waals surface area contributed by atoms with E-state index in [1.807, 2.05) is 12.1 Å². The first kappa shape index (κ1) is 13.1. The highest BCUT2D eigenvalue weighted by atomic mass is 16.3. The van der Waals surface area contributed by atoms with Crippen molar-refractivity contribution in [3.8, 4) is 0 Å². The van der Waals surface area contributed by atoms with E-state index in [4.69, 9.17) is 10.2 Å². The number of fused-ring (bicyclic) bond motifs is 1. The third-order valence-corrected chi connectivity index (χ3v) is 3.33. The molecule has 0 radical (unpaired) electrons. The Bertz CT molecular complexity index is 490. The normalized spacial score (nSPS) is 11.2. The van der Waals surface area contributed by atoms with Gasteiger partial charge in [0.1, 0.15) is 0 Å². The lowest BCUT2D eigenvalue weighted by molar-refractivity contribution is 0.281. The molecule has 0 saturated carbocycles. The van der Waals surface area contributed by atoms with Crippen molar-refractivity contribution < 1.29 is 10.2 Å². The van der Waals surface area contributed by atoms with Gasteiger partial charge >= 0.3 is 0 Å². The van der Waals surface area contributed by atoms with Gasteiger partial charge in [0.05, 0.1) is 6.61 Å². The Hall–Kier alpha value is -1.32. The quantitative estimate of drug-likeness (QED) is 0.739. The molecule has 1 aromatic carbocycles. The fourth-order valence-electron chi connectivity index (χ4n) is 2.29. The van der Waals surface area contributed by atoms with Gasteiger partial charge in [0.2, 0.25) is 0 Å². The van der Waals surface area contributed by atoms with E-state index in [1.54, 1.807) is 0 Å². The van der Waals surface area contributed by atoms with Crippen LogP contribution in [0.1, 0.15) is 31.2 Å². The van der Waals surface area contributed by atoms with Crippen LogP contribution in [0.3, 0.4) is 0 Å². The van der Waals surface area contributed by atoms with Gasteiger partial charge < -0.3 is 14.8 Å². The average molecular weight is 247 g/mol. The first-order valence-electron chi connectivity index (χ1n) is 6.64. The smallest absolute Gasteiger partial charge is 0.0682 e. The van der Waals surface area contributed by atoms with Gasteiger partial charge in [-0.25, -0.2) is 0 Å². The van der Waals surface area contributed by atoms with Crippen molar-refractivity contribution >= 4 is 10.9 Å². The lowest BCUT2D eigenvalue weighted by Gasteiger charge is -2.05. The number of hydrogen-bond donors (Lipinski definition) is 2. The summed E-state index contributed by atoms with van der Waals surface area (Å²) in [5, 5.41) is 19.0. The van der Waals surface area contributed by atoms with Crippen LogP contribution in [0, 0.1) is 0 Å². The van der Waals surface area contributed by atoms with Crippen LogP contribution in [-0.2, 0) is 13.2 Å². The van der Waals surface area contributed by atoms with Crippen molar-refractivity contribution in [2.24, 2.45) is 0 Å². The Labute approximate surface area is 108 Å². The van der Waals surface area contributed by atoms with Crippen molar-refractivity contribution in [3.63, 3.8) is 0 Å². The number of nitrogens with zero attached hydrogens (tertiary/aromatic N) is 1. The predicted molar refractivity (Wildman–Crippen MR) is 73.4 cm³/mol. The summed E-state index contributed by atoms with van der Waals surface area (Å²) in [5.41, 5.74) is 2.19. The van der Waals surface area contributed by atoms with Gasteiger partial charge in [0.25, 0.3) is 0 Å². The number of rotatable bonds is 7.